The Kier molecular flexibility index (Phi) is 10.4. The van der Waals surface area contributed by atoms with Crippen molar-refractivity contribution in [3.8, 4) is 11.5 Å². The number of fused-ring (bicyclic) bond motifs is 1. The molecule has 0 saturated heterocycles. The third-order valence-corrected chi connectivity index (χ3v) is 6.66. The highest BCUT2D eigenvalue weighted by atomic mass is 79.9. The van der Waals surface area contributed by atoms with E-state index in [9.17, 15) is 14.7 Å². The molecule has 0 aliphatic carbocycles. The fourth-order valence-corrected chi connectivity index (χ4v) is 4.58. The van der Waals surface area contributed by atoms with Crippen molar-refractivity contribution >= 4 is 34.5 Å². The van der Waals surface area contributed by atoms with Crippen LogP contribution >= 0.6 is 17.0 Å². The van der Waals surface area contributed by atoms with Gasteiger partial charge in [-0.25, -0.2) is 0 Å². The van der Waals surface area contributed by atoms with E-state index in [4.69, 9.17) is 14.9 Å². The van der Waals surface area contributed by atoms with Gasteiger partial charge in [0.15, 0.2) is 5.78 Å². The van der Waals surface area contributed by atoms with Gasteiger partial charge in [0.2, 0.25) is 0 Å². The number of ketones is 1. The standard InChI is InChI=1S/C30H41N3O5.BrH/c1-9-38-25-14-19-16-33(27(31)20(19)15-21(25)28(36)32-10-11-37-8)17-24(34)18-12-22(29(2,3)4)26(35)23(13-18)30(5,6)7;/h12-15,31,35H,9-11,16-17H2,1-8H3,(H,32,36);1H. The van der Waals surface area contributed by atoms with Crippen molar-refractivity contribution in [1.29, 1.82) is 5.41 Å². The predicted octanol–water partition coefficient (Wildman–Crippen LogP) is 5.36. The van der Waals surface area contributed by atoms with E-state index in [1.165, 1.54) is 0 Å². The molecule has 9 heteroatoms. The first kappa shape index (κ1) is 32.3. The van der Waals surface area contributed by atoms with Crippen LogP contribution in [0, 0.1) is 5.41 Å². The summed E-state index contributed by atoms with van der Waals surface area (Å²) >= 11 is 0. The van der Waals surface area contributed by atoms with Crippen molar-refractivity contribution in [3.05, 3.63) is 57.6 Å². The fourth-order valence-electron chi connectivity index (χ4n) is 4.58. The minimum absolute atomic E-state index is 0. The summed E-state index contributed by atoms with van der Waals surface area (Å²) < 4.78 is 10.8. The van der Waals surface area contributed by atoms with Crippen LogP contribution in [-0.2, 0) is 22.1 Å². The quantitative estimate of drug-likeness (QED) is 0.263. The average molecular weight is 605 g/mol. The molecule has 0 bridgehead atoms. The molecule has 214 valence electrons. The van der Waals surface area contributed by atoms with Crippen LogP contribution in [-0.4, -0.2) is 60.9 Å². The first-order chi connectivity index (χ1) is 17.7. The second-order valence-electron chi connectivity index (χ2n) is 11.7. The second kappa shape index (κ2) is 12.5. The number of nitrogens with zero attached hydrogens (tertiary/aromatic N) is 1. The molecule has 2 aromatic carbocycles. The number of phenols is 1. The van der Waals surface area contributed by atoms with Crippen LogP contribution in [0.4, 0.5) is 0 Å². The molecular weight excluding hydrogens is 562 g/mol. The number of carbonyl (C=O) groups is 2. The van der Waals surface area contributed by atoms with Crippen LogP contribution in [0.3, 0.4) is 0 Å². The number of rotatable bonds is 9. The number of benzene rings is 2. The number of halogens is 1. The summed E-state index contributed by atoms with van der Waals surface area (Å²) in [4.78, 5) is 28.1. The lowest BCUT2D eigenvalue weighted by molar-refractivity contribution is 0.0931. The smallest absolute Gasteiger partial charge is 0.255 e. The Labute approximate surface area is 242 Å². The molecule has 3 N–H and O–H groups in total. The van der Waals surface area contributed by atoms with Crippen LogP contribution in [0.15, 0.2) is 24.3 Å². The van der Waals surface area contributed by atoms with Crippen molar-refractivity contribution in [2.45, 2.75) is 65.8 Å². The Morgan fingerprint density at radius 1 is 1.05 bits per heavy atom. The molecule has 0 atom stereocenters. The minimum atomic E-state index is -0.354. The van der Waals surface area contributed by atoms with E-state index in [1.54, 1.807) is 36.3 Å². The van der Waals surface area contributed by atoms with Gasteiger partial charge in [-0.3, -0.25) is 15.0 Å². The van der Waals surface area contributed by atoms with Gasteiger partial charge in [-0.05, 0) is 47.6 Å². The zero-order chi connectivity index (χ0) is 28.4. The lowest BCUT2D eigenvalue weighted by atomic mass is 9.78. The maximum absolute atomic E-state index is 13.5. The number of phenolic OH excluding ortho intramolecular Hbond substituents is 1. The Bertz CT molecular complexity index is 1210. The van der Waals surface area contributed by atoms with Crippen LogP contribution < -0.4 is 10.1 Å². The summed E-state index contributed by atoms with van der Waals surface area (Å²) in [5.74, 6) is 0.423. The van der Waals surface area contributed by atoms with E-state index in [1.807, 2.05) is 48.5 Å². The monoisotopic (exact) mass is 603 g/mol. The summed E-state index contributed by atoms with van der Waals surface area (Å²) in [7, 11) is 1.57. The highest BCUT2D eigenvalue weighted by molar-refractivity contribution is 8.93. The number of hydrogen-bond donors (Lipinski definition) is 3. The van der Waals surface area contributed by atoms with Gasteiger partial charge in [-0.2, -0.15) is 0 Å². The van der Waals surface area contributed by atoms with E-state index in [-0.39, 0.29) is 57.6 Å². The molecule has 1 amide bonds. The first-order valence-electron chi connectivity index (χ1n) is 13.0. The minimum Gasteiger partial charge on any atom is -0.507 e. The number of amides is 1. The van der Waals surface area contributed by atoms with Crippen molar-refractivity contribution in [3.63, 3.8) is 0 Å². The molecule has 39 heavy (non-hydrogen) atoms. The van der Waals surface area contributed by atoms with Crippen molar-refractivity contribution in [1.82, 2.24) is 10.2 Å². The molecule has 0 unspecified atom stereocenters. The zero-order valence-electron chi connectivity index (χ0n) is 24.3. The van der Waals surface area contributed by atoms with Gasteiger partial charge >= 0.3 is 0 Å². The lowest BCUT2D eigenvalue weighted by Gasteiger charge is -2.28. The van der Waals surface area contributed by atoms with Gasteiger partial charge in [0, 0.05) is 42.5 Å². The van der Waals surface area contributed by atoms with E-state index in [0.29, 0.717) is 48.7 Å². The molecule has 3 rings (SSSR count). The number of methoxy groups -OCH3 is 1. The second-order valence-corrected chi connectivity index (χ2v) is 11.7. The number of nitrogens with one attached hydrogen (secondary N) is 2. The topological polar surface area (TPSA) is 112 Å². The van der Waals surface area contributed by atoms with Crippen molar-refractivity contribution in [2.24, 2.45) is 0 Å². The third kappa shape index (κ3) is 7.19. The zero-order valence-corrected chi connectivity index (χ0v) is 26.0. The highest BCUT2D eigenvalue weighted by Gasteiger charge is 2.31. The fraction of sp³-hybridized carbons (Fsp3) is 0.500. The van der Waals surface area contributed by atoms with Crippen LogP contribution in [0.25, 0.3) is 0 Å². The molecule has 0 radical (unpaired) electrons. The van der Waals surface area contributed by atoms with Gasteiger partial charge in [0.25, 0.3) is 5.91 Å². The van der Waals surface area contributed by atoms with Gasteiger partial charge in [0.05, 0.1) is 25.3 Å². The number of aromatic hydroxyl groups is 1. The first-order valence-corrected chi connectivity index (χ1v) is 13.0. The summed E-state index contributed by atoms with van der Waals surface area (Å²) in [6, 6.07) is 7.01. The normalized spacial score (nSPS) is 13.1. The summed E-state index contributed by atoms with van der Waals surface area (Å²) in [6.45, 7) is 15.4. The molecule has 2 aromatic rings. The van der Waals surface area contributed by atoms with Gasteiger partial charge in [0.1, 0.15) is 17.3 Å². The lowest BCUT2D eigenvalue weighted by Crippen LogP contribution is -2.31. The molecular formula is C30H42BrN3O5. The number of Topliss-reactive ketones (excluding diaryl/α,β-unsaturated/α-hetero) is 1. The van der Waals surface area contributed by atoms with Gasteiger partial charge in [-0.15, -0.1) is 17.0 Å². The molecule has 1 heterocycles. The maximum atomic E-state index is 13.5. The molecule has 0 saturated carbocycles. The summed E-state index contributed by atoms with van der Waals surface area (Å²) in [6.07, 6.45) is 0. The molecule has 0 aromatic heterocycles. The summed E-state index contributed by atoms with van der Waals surface area (Å²) in [5, 5.41) is 22.6. The van der Waals surface area contributed by atoms with E-state index in [0.717, 1.165) is 16.7 Å². The SMILES string of the molecule is Br.CCOc1cc2c(cc1C(=O)NCCOC)C(=N)N(CC(=O)c1cc(C(C)(C)C)c(O)c(C(C)(C)C)c1)C2. The number of ether oxygens (including phenoxy) is 2. The Balaban J connectivity index is 0.00000533. The third-order valence-electron chi connectivity index (χ3n) is 6.66. The number of hydrogen-bond acceptors (Lipinski definition) is 6. The van der Waals surface area contributed by atoms with Crippen LogP contribution in [0.1, 0.15) is 91.4 Å². The Hall–Kier alpha value is -2.91. The number of carbonyl (C=O) groups excluding carboxylic acids is 2. The summed E-state index contributed by atoms with van der Waals surface area (Å²) in [5.41, 5.74) is 3.03. The number of amidine groups is 1. The van der Waals surface area contributed by atoms with Crippen LogP contribution in [0.5, 0.6) is 11.5 Å². The predicted molar refractivity (Wildman–Crippen MR) is 159 cm³/mol. The van der Waals surface area contributed by atoms with E-state index < -0.39 is 0 Å². The van der Waals surface area contributed by atoms with E-state index in [2.05, 4.69) is 5.32 Å². The van der Waals surface area contributed by atoms with Gasteiger partial charge in [-0.1, -0.05) is 41.5 Å². The molecule has 8 nitrogen and oxygen atoms in total. The van der Waals surface area contributed by atoms with Gasteiger partial charge < -0.3 is 24.8 Å². The van der Waals surface area contributed by atoms with Crippen molar-refractivity contribution < 1.29 is 24.2 Å². The molecule has 0 spiro atoms. The highest BCUT2D eigenvalue weighted by Crippen LogP contribution is 2.40. The molecule has 0 fully saturated rings. The van der Waals surface area contributed by atoms with Crippen molar-refractivity contribution in [2.75, 3.05) is 33.4 Å². The molecule has 1 aliphatic heterocycles. The molecule has 1 aliphatic rings. The largest absolute Gasteiger partial charge is 0.507 e. The average Bonchev–Trinajstić information content (AvgIpc) is 3.11. The Morgan fingerprint density at radius 2 is 1.64 bits per heavy atom. The van der Waals surface area contributed by atoms with Crippen LogP contribution in [0.2, 0.25) is 0 Å². The Morgan fingerprint density at radius 3 is 2.15 bits per heavy atom. The maximum Gasteiger partial charge on any atom is 0.255 e. The van der Waals surface area contributed by atoms with E-state index >= 15 is 0 Å².